The molecule has 0 aromatic heterocycles. The molecule has 3 fully saturated rings. The van der Waals surface area contributed by atoms with Gasteiger partial charge in [-0.3, -0.25) is 5.32 Å². The van der Waals surface area contributed by atoms with E-state index in [4.69, 9.17) is 0 Å². The molecule has 2 atom stereocenters. The van der Waals surface area contributed by atoms with Crippen LogP contribution in [-0.4, -0.2) is 36.1 Å². The maximum absolute atomic E-state index is 9.86. The predicted octanol–water partition coefficient (Wildman–Crippen LogP) is 3.31. The maximum Gasteiger partial charge on any atom is 0.122 e. The third kappa shape index (κ3) is 3.99. The van der Waals surface area contributed by atoms with Crippen molar-refractivity contribution in [2.45, 2.75) is 76.3 Å². The first-order chi connectivity index (χ1) is 10.3. The van der Waals surface area contributed by atoms with E-state index in [9.17, 15) is 5.26 Å². The number of hydrogen-bond acceptors (Lipinski definition) is 3. The highest BCUT2D eigenvalue weighted by Crippen LogP contribution is 2.42. The van der Waals surface area contributed by atoms with E-state index < -0.39 is 0 Å². The van der Waals surface area contributed by atoms with Crippen molar-refractivity contribution in [3.63, 3.8) is 0 Å². The summed E-state index contributed by atoms with van der Waals surface area (Å²) < 4.78 is 0. The first-order valence-corrected chi connectivity index (χ1v) is 9.17. The van der Waals surface area contributed by atoms with Crippen LogP contribution in [0.3, 0.4) is 0 Å². The molecule has 0 spiro atoms. The summed E-state index contributed by atoms with van der Waals surface area (Å²) in [6.07, 6.45) is 11.8. The predicted molar refractivity (Wildman–Crippen MR) is 85.9 cm³/mol. The van der Waals surface area contributed by atoms with Gasteiger partial charge < -0.3 is 4.90 Å². The number of likely N-dealkylation sites (tertiary alicyclic amines) is 1. The lowest BCUT2D eigenvalue weighted by molar-refractivity contribution is 0.197. The van der Waals surface area contributed by atoms with Crippen LogP contribution in [0.15, 0.2) is 0 Å². The standard InChI is InChI=1S/C18H31N3/c1-2-4-15-5-3-11-21(12-10-15)14-18(13-19,16-6-7-16)20-17-8-9-17/h15-17,20H,2-12,14H2,1H3. The number of hydrogen-bond donors (Lipinski definition) is 1. The Kier molecular flexibility index (Phi) is 4.86. The van der Waals surface area contributed by atoms with Gasteiger partial charge in [-0.05, 0) is 69.9 Å². The Bertz CT molecular complexity index is 380. The molecule has 3 heteroatoms. The fourth-order valence-electron chi connectivity index (χ4n) is 4.05. The fourth-order valence-corrected chi connectivity index (χ4v) is 4.05. The van der Waals surface area contributed by atoms with Gasteiger partial charge in [-0.2, -0.15) is 5.26 Å². The normalized spacial score (nSPS) is 30.4. The van der Waals surface area contributed by atoms with Crippen molar-refractivity contribution in [3.8, 4) is 6.07 Å². The molecular weight excluding hydrogens is 258 g/mol. The minimum atomic E-state index is -0.244. The van der Waals surface area contributed by atoms with E-state index >= 15 is 0 Å². The summed E-state index contributed by atoms with van der Waals surface area (Å²) in [7, 11) is 0. The molecule has 118 valence electrons. The van der Waals surface area contributed by atoms with Gasteiger partial charge in [0.05, 0.1) is 6.07 Å². The lowest BCUT2D eigenvalue weighted by Gasteiger charge is -2.34. The minimum absolute atomic E-state index is 0.244. The van der Waals surface area contributed by atoms with Crippen molar-refractivity contribution >= 4 is 0 Å². The lowest BCUT2D eigenvalue weighted by Crippen LogP contribution is -2.55. The van der Waals surface area contributed by atoms with Gasteiger partial charge >= 0.3 is 0 Å². The Morgan fingerprint density at radius 1 is 1.14 bits per heavy atom. The van der Waals surface area contributed by atoms with Crippen LogP contribution in [0, 0.1) is 23.2 Å². The van der Waals surface area contributed by atoms with Crippen LogP contribution in [0.5, 0.6) is 0 Å². The zero-order valence-corrected chi connectivity index (χ0v) is 13.6. The van der Waals surface area contributed by atoms with Crippen LogP contribution in [-0.2, 0) is 0 Å². The molecule has 1 saturated heterocycles. The Morgan fingerprint density at radius 2 is 1.95 bits per heavy atom. The first kappa shape index (κ1) is 15.3. The van der Waals surface area contributed by atoms with Gasteiger partial charge in [0.25, 0.3) is 0 Å². The second kappa shape index (κ2) is 6.67. The van der Waals surface area contributed by atoms with E-state index in [0.717, 1.165) is 12.5 Å². The van der Waals surface area contributed by atoms with E-state index in [1.807, 2.05) is 0 Å². The third-order valence-electron chi connectivity index (χ3n) is 5.62. The molecule has 0 radical (unpaired) electrons. The van der Waals surface area contributed by atoms with Crippen molar-refractivity contribution in [3.05, 3.63) is 0 Å². The first-order valence-electron chi connectivity index (χ1n) is 9.17. The average Bonchev–Trinajstić information content (AvgIpc) is 3.34. The Labute approximate surface area is 130 Å². The molecule has 2 unspecified atom stereocenters. The number of nitriles is 1. The Morgan fingerprint density at radius 3 is 2.57 bits per heavy atom. The third-order valence-corrected chi connectivity index (χ3v) is 5.62. The van der Waals surface area contributed by atoms with Gasteiger partial charge in [-0.15, -0.1) is 0 Å². The van der Waals surface area contributed by atoms with Crippen LogP contribution in [0.4, 0.5) is 0 Å². The van der Waals surface area contributed by atoms with Crippen LogP contribution < -0.4 is 5.32 Å². The van der Waals surface area contributed by atoms with Crippen LogP contribution in [0.25, 0.3) is 0 Å². The topological polar surface area (TPSA) is 39.1 Å². The van der Waals surface area contributed by atoms with Gasteiger partial charge in [0.1, 0.15) is 5.54 Å². The number of rotatable bonds is 7. The van der Waals surface area contributed by atoms with E-state index in [0.29, 0.717) is 12.0 Å². The van der Waals surface area contributed by atoms with Gasteiger partial charge in [-0.25, -0.2) is 0 Å². The molecule has 1 heterocycles. The van der Waals surface area contributed by atoms with Gasteiger partial charge in [0.15, 0.2) is 0 Å². The second-order valence-electron chi connectivity index (χ2n) is 7.64. The summed E-state index contributed by atoms with van der Waals surface area (Å²) in [6.45, 7) is 5.66. The molecule has 0 aromatic carbocycles. The second-order valence-corrected chi connectivity index (χ2v) is 7.64. The molecular formula is C18H31N3. The van der Waals surface area contributed by atoms with Crippen LogP contribution in [0.2, 0.25) is 0 Å². The highest BCUT2D eigenvalue weighted by Gasteiger charge is 2.49. The Hall–Kier alpha value is -0.590. The number of nitrogens with zero attached hydrogens (tertiary/aromatic N) is 2. The molecule has 2 aliphatic carbocycles. The molecule has 1 N–H and O–H groups in total. The van der Waals surface area contributed by atoms with E-state index in [1.165, 1.54) is 70.9 Å². The van der Waals surface area contributed by atoms with Crippen LogP contribution >= 0.6 is 0 Å². The molecule has 2 saturated carbocycles. The van der Waals surface area contributed by atoms with Gasteiger partial charge in [0, 0.05) is 12.6 Å². The molecule has 0 amide bonds. The summed E-state index contributed by atoms with van der Waals surface area (Å²) in [5, 5.41) is 13.6. The van der Waals surface area contributed by atoms with Gasteiger partial charge in [0.2, 0.25) is 0 Å². The van der Waals surface area contributed by atoms with Crippen LogP contribution in [0.1, 0.15) is 64.7 Å². The molecule has 3 nitrogen and oxygen atoms in total. The Balaban J connectivity index is 1.58. The summed E-state index contributed by atoms with van der Waals surface area (Å²) in [5.41, 5.74) is -0.244. The smallest absolute Gasteiger partial charge is 0.122 e. The highest BCUT2D eigenvalue weighted by molar-refractivity contribution is 5.18. The van der Waals surface area contributed by atoms with Crippen molar-refractivity contribution in [1.82, 2.24) is 10.2 Å². The average molecular weight is 289 g/mol. The fraction of sp³-hybridized carbons (Fsp3) is 0.944. The van der Waals surface area contributed by atoms with Crippen molar-refractivity contribution in [1.29, 1.82) is 5.26 Å². The zero-order chi connectivity index (χ0) is 14.7. The highest BCUT2D eigenvalue weighted by atomic mass is 15.2. The van der Waals surface area contributed by atoms with E-state index in [-0.39, 0.29) is 5.54 Å². The molecule has 3 rings (SSSR count). The van der Waals surface area contributed by atoms with Crippen molar-refractivity contribution in [2.75, 3.05) is 19.6 Å². The molecule has 0 bridgehead atoms. The van der Waals surface area contributed by atoms with Gasteiger partial charge in [-0.1, -0.05) is 19.8 Å². The SMILES string of the molecule is CCCC1CCCN(CC(C#N)(NC2CC2)C2CC2)CC1. The maximum atomic E-state index is 9.86. The van der Waals surface area contributed by atoms with E-state index in [1.54, 1.807) is 0 Å². The quantitative estimate of drug-likeness (QED) is 0.781. The minimum Gasteiger partial charge on any atom is -0.300 e. The lowest BCUT2D eigenvalue weighted by atomic mass is 9.93. The van der Waals surface area contributed by atoms with Crippen molar-refractivity contribution in [2.24, 2.45) is 11.8 Å². The zero-order valence-electron chi connectivity index (χ0n) is 13.6. The summed E-state index contributed by atoms with van der Waals surface area (Å²) in [6, 6.07) is 3.33. The molecule has 21 heavy (non-hydrogen) atoms. The summed E-state index contributed by atoms with van der Waals surface area (Å²) >= 11 is 0. The summed E-state index contributed by atoms with van der Waals surface area (Å²) in [5.74, 6) is 1.53. The largest absolute Gasteiger partial charge is 0.300 e. The van der Waals surface area contributed by atoms with Crippen molar-refractivity contribution < 1.29 is 0 Å². The summed E-state index contributed by atoms with van der Waals surface area (Å²) in [4.78, 5) is 2.59. The monoisotopic (exact) mass is 289 g/mol. The molecule has 3 aliphatic rings. The van der Waals surface area contributed by atoms with E-state index in [2.05, 4.69) is 23.2 Å². The number of nitrogens with one attached hydrogen (secondary N) is 1. The molecule has 1 aliphatic heterocycles. The molecule has 0 aromatic rings.